The van der Waals surface area contributed by atoms with E-state index in [1.807, 2.05) is 6.07 Å². The van der Waals surface area contributed by atoms with Crippen molar-refractivity contribution in [3.05, 3.63) is 27.0 Å². The minimum Gasteiger partial charge on any atom is -0.508 e. The Morgan fingerprint density at radius 1 is 1.42 bits per heavy atom. The summed E-state index contributed by atoms with van der Waals surface area (Å²) in [5.41, 5.74) is 0. The van der Waals surface area contributed by atoms with Crippen LogP contribution in [0.15, 0.2) is 22.7 Å². The number of hydrogen-bond acceptors (Lipinski definition) is 2. The van der Waals surface area contributed by atoms with Gasteiger partial charge in [0.1, 0.15) is 10.1 Å². The highest BCUT2D eigenvalue weighted by Crippen LogP contribution is 2.40. The average molecular weight is 264 g/mol. The summed E-state index contributed by atoms with van der Waals surface area (Å²) in [7, 11) is 0. The van der Waals surface area contributed by atoms with Crippen molar-refractivity contribution < 1.29 is 5.11 Å². The number of phenolic OH excluding ortho intramolecular Hbond substituents is 1. The molecule has 0 fully saturated rings. The number of rotatable bonds is 0. The van der Waals surface area contributed by atoms with Gasteiger partial charge in [0, 0.05) is 10.1 Å². The van der Waals surface area contributed by atoms with Crippen LogP contribution in [0.2, 0.25) is 4.34 Å². The molecule has 0 aliphatic heterocycles. The maximum absolute atomic E-state index is 9.18. The van der Waals surface area contributed by atoms with Crippen molar-refractivity contribution in [1.82, 2.24) is 0 Å². The van der Waals surface area contributed by atoms with Crippen LogP contribution in [0.3, 0.4) is 0 Å². The third-order valence-corrected chi connectivity index (χ3v) is 4.25. The summed E-state index contributed by atoms with van der Waals surface area (Å²) in [4.78, 5) is 0. The summed E-state index contributed by atoms with van der Waals surface area (Å²) in [6.07, 6.45) is 0. The summed E-state index contributed by atoms with van der Waals surface area (Å²) in [6, 6.07) is 5.20. The van der Waals surface area contributed by atoms with E-state index in [2.05, 4.69) is 15.9 Å². The highest BCUT2D eigenvalue weighted by atomic mass is 79.9. The van der Waals surface area contributed by atoms with Crippen LogP contribution in [-0.4, -0.2) is 5.11 Å². The summed E-state index contributed by atoms with van der Waals surface area (Å²) >= 11 is 10.7. The van der Waals surface area contributed by atoms with Gasteiger partial charge in [0.25, 0.3) is 0 Å². The second-order valence-electron chi connectivity index (χ2n) is 2.37. The molecule has 1 nitrogen and oxygen atoms in total. The third kappa shape index (κ3) is 1.22. The molecule has 62 valence electrons. The van der Waals surface area contributed by atoms with Crippen LogP contribution >= 0.6 is 38.9 Å². The minimum absolute atomic E-state index is 0.271. The first-order valence-corrected chi connectivity index (χ1v) is 5.24. The Hall–Kier alpha value is -0.250. The van der Waals surface area contributed by atoms with E-state index in [0.29, 0.717) is 0 Å². The van der Waals surface area contributed by atoms with Crippen molar-refractivity contribution in [2.24, 2.45) is 0 Å². The quantitative estimate of drug-likeness (QED) is 0.761. The molecule has 12 heavy (non-hydrogen) atoms. The monoisotopic (exact) mass is 262 g/mol. The standard InChI is InChI=1S/C8H4BrClOS/c9-7-5-2-1-4(11)3-6(5)12-8(7)10/h1-3,11H. The van der Waals surface area contributed by atoms with E-state index in [0.717, 1.165) is 18.9 Å². The lowest BCUT2D eigenvalue weighted by Crippen LogP contribution is -1.64. The minimum atomic E-state index is 0.271. The number of phenols is 1. The first-order chi connectivity index (χ1) is 5.68. The molecule has 1 aromatic heterocycles. The van der Waals surface area contributed by atoms with Gasteiger partial charge in [-0.25, -0.2) is 0 Å². The van der Waals surface area contributed by atoms with Crippen molar-refractivity contribution in [2.45, 2.75) is 0 Å². The normalized spacial score (nSPS) is 10.8. The van der Waals surface area contributed by atoms with Gasteiger partial charge >= 0.3 is 0 Å². The Morgan fingerprint density at radius 3 is 2.92 bits per heavy atom. The van der Waals surface area contributed by atoms with Gasteiger partial charge in [0.2, 0.25) is 0 Å². The van der Waals surface area contributed by atoms with Gasteiger partial charge in [-0.3, -0.25) is 0 Å². The van der Waals surface area contributed by atoms with Gasteiger partial charge in [-0.1, -0.05) is 11.6 Å². The van der Waals surface area contributed by atoms with E-state index in [-0.39, 0.29) is 5.75 Å². The lowest BCUT2D eigenvalue weighted by Gasteiger charge is -1.90. The van der Waals surface area contributed by atoms with Crippen molar-refractivity contribution in [3.8, 4) is 5.75 Å². The van der Waals surface area contributed by atoms with Crippen LogP contribution in [0.1, 0.15) is 0 Å². The lowest BCUT2D eigenvalue weighted by molar-refractivity contribution is 0.476. The summed E-state index contributed by atoms with van der Waals surface area (Å²) in [6.45, 7) is 0. The van der Waals surface area contributed by atoms with Crippen LogP contribution in [-0.2, 0) is 0 Å². The van der Waals surface area contributed by atoms with E-state index in [4.69, 9.17) is 11.6 Å². The lowest BCUT2D eigenvalue weighted by atomic mass is 10.2. The van der Waals surface area contributed by atoms with E-state index < -0.39 is 0 Å². The largest absolute Gasteiger partial charge is 0.508 e. The van der Waals surface area contributed by atoms with Gasteiger partial charge in [-0.2, -0.15) is 0 Å². The Kier molecular flexibility index (Phi) is 2.02. The average Bonchev–Trinajstić information content (AvgIpc) is 2.28. The number of hydrogen-bond donors (Lipinski definition) is 1. The van der Waals surface area contributed by atoms with Crippen LogP contribution < -0.4 is 0 Å². The Balaban J connectivity index is 2.87. The molecule has 0 saturated heterocycles. The molecule has 0 amide bonds. The molecule has 0 radical (unpaired) electrons. The molecule has 1 heterocycles. The van der Waals surface area contributed by atoms with E-state index >= 15 is 0 Å². The molecule has 0 bridgehead atoms. The second-order valence-corrected chi connectivity index (χ2v) is 4.82. The van der Waals surface area contributed by atoms with Gasteiger partial charge in [-0.15, -0.1) is 11.3 Å². The Labute approximate surface area is 86.7 Å². The third-order valence-electron chi connectivity index (χ3n) is 1.57. The fourth-order valence-electron chi connectivity index (χ4n) is 1.02. The molecule has 1 N–H and O–H groups in total. The van der Waals surface area contributed by atoms with Crippen LogP contribution in [0.4, 0.5) is 0 Å². The number of halogens is 2. The Bertz CT molecular complexity index is 438. The topological polar surface area (TPSA) is 20.2 Å². The molecule has 1 aromatic carbocycles. The van der Waals surface area contributed by atoms with Crippen LogP contribution in [0.5, 0.6) is 5.75 Å². The first kappa shape index (κ1) is 8.35. The maximum atomic E-state index is 9.18. The predicted octanol–water partition coefficient (Wildman–Crippen LogP) is 4.02. The molecule has 0 aliphatic rings. The molecule has 4 heteroatoms. The molecule has 0 unspecified atom stereocenters. The van der Waals surface area contributed by atoms with Gasteiger partial charge < -0.3 is 5.11 Å². The van der Waals surface area contributed by atoms with Crippen molar-refractivity contribution >= 4 is 49.0 Å². The van der Waals surface area contributed by atoms with Crippen LogP contribution in [0.25, 0.3) is 10.1 Å². The second kappa shape index (κ2) is 2.91. The summed E-state index contributed by atoms with van der Waals surface area (Å²) in [5.74, 6) is 0.271. The highest BCUT2D eigenvalue weighted by molar-refractivity contribution is 9.10. The highest BCUT2D eigenvalue weighted by Gasteiger charge is 2.07. The van der Waals surface area contributed by atoms with E-state index in [1.165, 1.54) is 11.3 Å². The zero-order valence-electron chi connectivity index (χ0n) is 5.84. The number of thiophene rings is 1. The molecule has 2 aromatic rings. The molecular formula is C8H4BrClOS. The van der Waals surface area contributed by atoms with Crippen molar-refractivity contribution in [1.29, 1.82) is 0 Å². The predicted molar refractivity (Wildman–Crippen MR) is 56.2 cm³/mol. The number of fused-ring (bicyclic) bond motifs is 1. The fraction of sp³-hybridized carbons (Fsp3) is 0. The smallest absolute Gasteiger partial charge is 0.117 e. The van der Waals surface area contributed by atoms with Crippen LogP contribution in [0, 0.1) is 0 Å². The summed E-state index contributed by atoms with van der Waals surface area (Å²) < 4.78 is 2.62. The first-order valence-electron chi connectivity index (χ1n) is 3.25. The molecule has 0 spiro atoms. The molecular weight excluding hydrogens is 260 g/mol. The SMILES string of the molecule is Oc1ccc2c(Br)c(Cl)sc2c1. The van der Waals surface area contributed by atoms with E-state index in [1.54, 1.807) is 12.1 Å². The van der Waals surface area contributed by atoms with Gasteiger partial charge in [0.15, 0.2) is 0 Å². The molecule has 0 aliphatic carbocycles. The zero-order valence-corrected chi connectivity index (χ0v) is 9.00. The number of aromatic hydroxyl groups is 1. The molecule has 0 atom stereocenters. The van der Waals surface area contributed by atoms with Gasteiger partial charge in [-0.05, 0) is 34.1 Å². The maximum Gasteiger partial charge on any atom is 0.117 e. The zero-order chi connectivity index (χ0) is 8.72. The van der Waals surface area contributed by atoms with Crippen molar-refractivity contribution in [2.75, 3.05) is 0 Å². The van der Waals surface area contributed by atoms with Gasteiger partial charge in [0.05, 0.1) is 4.47 Å². The molecule has 2 rings (SSSR count). The number of benzene rings is 1. The summed E-state index contributed by atoms with van der Waals surface area (Å²) in [5, 5.41) is 10.2. The van der Waals surface area contributed by atoms with E-state index in [9.17, 15) is 5.11 Å². The van der Waals surface area contributed by atoms with Crippen molar-refractivity contribution in [3.63, 3.8) is 0 Å². The fourth-order valence-corrected chi connectivity index (χ4v) is 2.95. The Morgan fingerprint density at radius 2 is 2.17 bits per heavy atom. The molecule has 0 saturated carbocycles.